The highest BCUT2D eigenvalue weighted by Crippen LogP contribution is 2.43. The van der Waals surface area contributed by atoms with Crippen LogP contribution in [0.25, 0.3) is 11.0 Å². The summed E-state index contributed by atoms with van der Waals surface area (Å²) in [6, 6.07) is 5.36. The Bertz CT molecular complexity index is 995. The molecule has 142 valence electrons. The van der Waals surface area contributed by atoms with Crippen LogP contribution in [0.4, 0.5) is 4.39 Å². The molecular weight excluding hydrogens is 373 g/mol. The average molecular weight is 392 g/mol. The van der Waals surface area contributed by atoms with Crippen molar-refractivity contribution in [1.29, 1.82) is 0 Å². The maximum Gasteiger partial charge on any atom is 0.143 e. The van der Waals surface area contributed by atoms with E-state index in [-0.39, 0.29) is 5.02 Å². The summed E-state index contributed by atoms with van der Waals surface area (Å²) in [5, 5.41) is 32.6. The molecule has 0 radical (unpaired) electrons. The van der Waals surface area contributed by atoms with Crippen LogP contribution in [0.1, 0.15) is 29.8 Å². The van der Waals surface area contributed by atoms with E-state index in [1.165, 1.54) is 24.5 Å². The van der Waals surface area contributed by atoms with E-state index < -0.39 is 36.1 Å². The summed E-state index contributed by atoms with van der Waals surface area (Å²) in [4.78, 5) is 8.45. The molecule has 2 heterocycles. The lowest BCUT2D eigenvalue weighted by Crippen LogP contribution is -2.31. The fraction of sp³-hybridized carbons (Fsp3) is 0.368. The summed E-state index contributed by atoms with van der Waals surface area (Å²) in [6.07, 6.45) is 0.275. The van der Waals surface area contributed by atoms with Gasteiger partial charge in [0.15, 0.2) is 0 Å². The van der Waals surface area contributed by atoms with Crippen LogP contribution < -0.4 is 0 Å². The molecule has 0 aliphatic heterocycles. The van der Waals surface area contributed by atoms with Crippen LogP contribution in [0.2, 0.25) is 5.02 Å². The van der Waals surface area contributed by atoms with Crippen molar-refractivity contribution in [3.63, 3.8) is 0 Å². The van der Waals surface area contributed by atoms with Crippen LogP contribution in [-0.2, 0) is 0 Å². The largest absolute Gasteiger partial charge is 0.390 e. The third-order valence-corrected chi connectivity index (χ3v) is 5.74. The third-order valence-electron chi connectivity index (χ3n) is 5.45. The van der Waals surface area contributed by atoms with Crippen molar-refractivity contribution in [3.8, 4) is 0 Å². The molecule has 0 bridgehead atoms. The molecule has 6 nitrogen and oxygen atoms in total. The Balaban J connectivity index is 1.66. The maximum atomic E-state index is 13.4. The third kappa shape index (κ3) is 3.00. The quantitative estimate of drug-likeness (QED) is 0.638. The molecule has 3 N–H and O–H groups in total. The number of nitrogens with zero attached hydrogens (tertiary/aromatic N) is 3. The molecule has 5 atom stereocenters. The topological polar surface area (TPSA) is 91.4 Å². The minimum absolute atomic E-state index is 0.0975. The van der Waals surface area contributed by atoms with E-state index in [1.807, 2.05) is 17.6 Å². The Labute approximate surface area is 159 Å². The van der Waals surface area contributed by atoms with Crippen molar-refractivity contribution >= 4 is 22.6 Å². The van der Waals surface area contributed by atoms with Gasteiger partial charge in [-0.25, -0.2) is 14.4 Å². The minimum atomic E-state index is -1.14. The van der Waals surface area contributed by atoms with Gasteiger partial charge >= 0.3 is 0 Å². The number of halogens is 2. The molecule has 1 aromatic carbocycles. The van der Waals surface area contributed by atoms with Crippen molar-refractivity contribution in [1.82, 2.24) is 14.5 Å². The van der Waals surface area contributed by atoms with Gasteiger partial charge in [-0.15, -0.1) is 0 Å². The highest BCUT2D eigenvalue weighted by Gasteiger charge is 2.46. The molecule has 0 spiro atoms. The zero-order chi connectivity index (χ0) is 19.3. The smallest absolute Gasteiger partial charge is 0.143 e. The van der Waals surface area contributed by atoms with Crippen LogP contribution >= 0.6 is 11.6 Å². The van der Waals surface area contributed by atoms with Gasteiger partial charge in [-0.05, 0) is 37.1 Å². The van der Waals surface area contributed by atoms with Crippen molar-refractivity contribution in [3.05, 3.63) is 58.9 Å². The predicted octanol–water partition coefficient (Wildman–Crippen LogP) is 2.55. The fourth-order valence-electron chi connectivity index (χ4n) is 3.94. The molecule has 0 saturated heterocycles. The molecule has 1 fully saturated rings. The first-order valence-electron chi connectivity index (χ1n) is 8.65. The van der Waals surface area contributed by atoms with Crippen molar-refractivity contribution < 1.29 is 19.7 Å². The van der Waals surface area contributed by atoms with E-state index in [9.17, 15) is 19.7 Å². The van der Waals surface area contributed by atoms with Gasteiger partial charge in [-0.1, -0.05) is 17.7 Å². The molecule has 1 aliphatic rings. The molecule has 3 unspecified atom stereocenters. The van der Waals surface area contributed by atoms with Gasteiger partial charge < -0.3 is 19.9 Å². The summed E-state index contributed by atoms with van der Waals surface area (Å²) in [5.41, 5.74) is 1.89. The Morgan fingerprint density at radius 2 is 2.00 bits per heavy atom. The van der Waals surface area contributed by atoms with Gasteiger partial charge in [0.2, 0.25) is 0 Å². The molecule has 4 rings (SSSR count). The molecule has 8 heteroatoms. The Kier molecular flexibility index (Phi) is 4.63. The Hall–Kier alpha value is -2.06. The lowest BCUT2D eigenvalue weighted by Gasteiger charge is -2.22. The zero-order valence-corrected chi connectivity index (χ0v) is 15.3. The SMILES string of the molecule is Cc1ncnc2c1ccn2C1CC(C(O)c2ccc(F)c(Cl)c2)[C@@H](O)[C@H]1O. The summed E-state index contributed by atoms with van der Waals surface area (Å²) < 4.78 is 15.2. The number of aliphatic hydroxyl groups is 3. The second-order valence-corrected chi connectivity index (χ2v) is 7.39. The Morgan fingerprint density at radius 1 is 1.22 bits per heavy atom. The van der Waals surface area contributed by atoms with Gasteiger partial charge in [0.25, 0.3) is 0 Å². The number of aliphatic hydroxyl groups excluding tert-OH is 3. The van der Waals surface area contributed by atoms with E-state index in [4.69, 9.17) is 11.6 Å². The van der Waals surface area contributed by atoms with Crippen LogP contribution in [0.5, 0.6) is 0 Å². The summed E-state index contributed by atoms with van der Waals surface area (Å²) >= 11 is 5.80. The van der Waals surface area contributed by atoms with Crippen LogP contribution in [0.15, 0.2) is 36.8 Å². The zero-order valence-electron chi connectivity index (χ0n) is 14.5. The van der Waals surface area contributed by atoms with Gasteiger partial charge in [-0.2, -0.15) is 0 Å². The van der Waals surface area contributed by atoms with Gasteiger partial charge in [0.05, 0.1) is 29.0 Å². The second-order valence-electron chi connectivity index (χ2n) is 6.99. The lowest BCUT2D eigenvalue weighted by atomic mass is 9.92. The molecule has 3 aromatic rings. The molecule has 1 saturated carbocycles. The highest BCUT2D eigenvalue weighted by molar-refractivity contribution is 6.30. The Morgan fingerprint density at radius 3 is 2.74 bits per heavy atom. The highest BCUT2D eigenvalue weighted by atomic mass is 35.5. The molecular formula is C19H19ClFN3O3. The summed E-state index contributed by atoms with van der Waals surface area (Å²) in [5.74, 6) is -1.21. The van der Waals surface area contributed by atoms with E-state index in [2.05, 4.69) is 9.97 Å². The number of fused-ring (bicyclic) bond motifs is 1. The number of aromatic nitrogens is 3. The molecule has 0 amide bonds. The number of benzene rings is 1. The van der Waals surface area contributed by atoms with Crippen molar-refractivity contribution in [2.75, 3.05) is 0 Å². The first-order valence-corrected chi connectivity index (χ1v) is 9.03. The van der Waals surface area contributed by atoms with E-state index in [0.29, 0.717) is 17.6 Å². The first-order chi connectivity index (χ1) is 12.9. The van der Waals surface area contributed by atoms with Crippen molar-refractivity contribution in [2.24, 2.45) is 5.92 Å². The number of hydrogen-bond acceptors (Lipinski definition) is 5. The van der Waals surface area contributed by atoms with Gasteiger partial charge in [0.1, 0.15) is 23.9 Å². The molecule has 2 aromatic heterocycles. The summed E-state index contributed by atoms with van der Waals surface area (Å²) in [7, 11) is 0. The number of aryl methyl sites for hydroxylation is 1. The molecule has 1 aliphatic carbocycles. The van der Waals surface area contributed by atoms with Crippen LogP contribution in [0.3, 0.4) is 0 Å². The standard InChI is InChI=1S/C19H19ClFN3O3/c1-9-11-4-5-24(19(11)23-8-22-9)15-7-12(17(26)18(15)27)16(25)10-2-3-14(21)13(20)6-10/h2-6,8,12,15-18,25-27H,7H2,1H3/t12?,15?,16?,17-,18+/m1/s1. The van der Waals surface area contributed by atoms with E-state index in [0.717, 1.165) is 11.1 Å². The number of hydrogen-bond donors (Lipinski definition) is 3. The average Bonchev–Trinajstić information content (AvgIpc) is 3.20. The van der Waals surface area contributed by atoms with Crippen LogP contribution in [-0.4, -0.2) is 42.1 Å². The normalized spacial score (nSPS) is 26.6. The maximum absolute atomic E-state index is 13.4. The fourth-order valence-corrected chi connectivity index (χ4v) is 4.13. The summed E-state index contributed by atoms with van der Waals surface area (Å²) in [6.45, 7) is 1.87. The van der Waals surface area contributed by atoms with Crippen molar-refractivity contribution in [2.45, 2.75) is 37.7 Å². The number of rotatable bonds is 3. The monoisotopic (exact) mass is 391 g/mol. The predicted molar refractivity (Wildman–Crippen MR) is 97.8 cm³/mol. The van der Waals surface area contributed by atoms with E-state index in [1.54, 1.807) is 6.20 Å². The van der Waals surface area contributed by atoms with Gasteiger partial charge in [0, 0.05) is 17.5 Å². The molecule has 27 heavy (non-hydrogen) atoms. The lowest BCUT2D eigenvalue weighted by molar-refractivity contribution is -0.0264. The second kappa shape index (κ2) is 6.83. The van der Waals surface area contributed by atoms with E-state index >= 15 is 0 Å². The van der Waals surface area contributed by atoms with Crippen LogP contribution in [0, 0.1) is 18.7 Å². The van der Waals surface area contributed by atoms with Gasteiger partial charge in [-0.3, -0.25) is 0 Å². The first kappa shape index (κ1) is 18.3. The minimum Gasteiger partial charge on any atom is -0.390 e.